The molecule has 3 rings (SSSR count). The molecule has 0 amide bonds. The molecule has 0 aliphatic rings. The van der Waals surface area contributed by atoms with Gasteiger partial charge in [-0.2, -0.15) is 0 Å². The number of benzene rings is 1. The Kier molecular flexibility index (Phi) is 5.49. The molecule has 3 aromatic rings. The maximum Gasteiger partial charge on any atom is 0.148 e. The first kappa shape index (κ1) is 19.1. The molecule has 4 nitrogen and oxygen atoms in total. The molecule has 137 valence electrons. The second-order valence-electron chi connectivity index (χ2n) is 6.96. The Bertz CT molecular complexity index is 939. The average Bonchev–Trinajstić information content (AvgIpc) is 2.87. The molecule has 0 bridgehead atoms. The number of hydrogen-bond donors (Lipinski definition) is 0. The van der Waals surface area contributed by atoms with Crippen LogP contribution in [0.1, 0.15) is 47.5 Å². The lowest BCUT2D eigenvalue weighted by Gasteiger charge is -2.15. The lowest BCUT2D eigenvalue weighted by atomic mass is 10.00. The van der Waals surface area contributed by atoms with E-state index in [1.807, 2.05) is 13.5 Å². The maximum atomic E-state index is 5.15. The Morgan fingerprint density at radius 2 is 1.77 bits per heavy atom. The second kappa shape index (κ2) is 7.49. The minimum absolute atomic E-state index is 0.265. The Labute approximate surface area is 163 Å². The maximum absolute atomic E-state index is 5.15. The van der Waals surface area contributed by atoms with E-state index in [9.17, 15) is 0 Å². The molecule has 1 unspecified atom stereocenters. The van der Waals surface area contributed by atoms with Crippen LogP contribution in [0.4, 0.5) is 0 Å². The Morgan fingerprint density at radius 1 is 1.12 bits per heavy atom. The number of fused-ring (bicyclic) bond motifs is 1. The molecule has 2 aromatic heterocycles. The van der Waals surface area contributed by atoms with Crippen molar-refractivity contribution in [3.63, 3.8) is 0 Å². The van der Waals surface area contributed by atoms with Crippen LogP contribution in [0.15, 0.2) is 22.8 Å². The van der Waals surface area contributed by atoms with E-state index in [0.717, 1.165) is 33.4 Å². The highest BCUT2D eigenvalue weighted by molar-refractivity contribution is 9.10. The molecule has 0 aliphatic carbocycles. The average molecular weight is 415 g/mol. The molecular formula is C21H25BrN3O. The van der Waals surface area contributed by atoms with Crippen LogP contribution in [-0.2, 0) is 4.74 Å². The molecule has 1 aromatic carbocycles. The minimum atomic E-state index is 0.265. The van der Waals surface area contributed by atoms with Gasteiger partial charge in [0.1, 0.15) is 11.5 Å². The van der Waals surface area contributed by atoms with Crippen molar-refractivity contribution in [3.05, 3.63) is 57.6 Å². The standard InChI is InChI=1S/C21H25BrN3O/c1-12(7-8-26-6)19-18-15(4)11-25(21(18)24-16(5)23-19)20-13(2)9-17(22)10-14(20)3/h8-12H,7H2,1-6H3. The number of methoxy groups -OCH3 is 1. The third-order valence-electron chi connectivity index (χ3n) is 4.75. The van der Waals surface area contributed by atoms with E-state index < -0.39 is 0 Å². The molecule has 5 heteroatoms. The highest BCUT2D eigenvalue weighted by Crippen LogP contribution is 2.33. The molecule has 0 aliphatic heterocycles. The zero-order valence-corrected chi connectivity index (χ0v) is 17.8. The molecule has 0 N–H and O–H groups in total. The van der Waals surface area contributed by atoms with Gasteiger partial charge in [-0.15, -0.1) is 0 Å². The predicted octanol–water partition coefficient (Wildman–Crippen LogP) is 5.72. The fourth-order valence-corrected chi connectivity index (χ4v) is 4.30. The molecule has 1 atom stereocenters. The molecule has 0 fully saturated rings. The smallest absolute Gasteiger partial charge is 0.148 e. The van der Waals surface area contributed by atoms with Gasteiger partial charge in [0, 0.05) is 29.1 Å². The largest absolute Gasteiger partial charge is 0.379 e. The van der Waals surface area contributed by atoms with Crippen molar-refractivity contribution in [1.82, 2.24) is 14.5 Å². The van der Waals surface area contributed by atoms with Crippen molar-refractivity contribution in [2.24, 2.45) is 0 Å². The first-order valence-corrected chi connectivity index (χ1v) is 9.60. The number of aromatic nitrogens is 3. The van der Waals surface area contributed by atoms with Gasteiger partial charge in [0.2, 0.25) is 0 Å². The van der Waals surface area contributed by atoms with Crippen molar-refractivity contribution in [2.75, 3.05) is 7.11 Å². The summed E-state index contributed by atoms with van der Waals surface area (Å²) in [6, 6.07) is 4.29. The molecule has 0 spiro atoms. The molecular weight excluding hydrogens is 390 g/mol. The second-order valence-corrected chi connectivity index (χ2v) is 7.88. The zero-order chi connectivity index (χ0) is 19.0. The fourth-order valence-electron chi connectivity index (χ4n) is 3.61. The molecule has 1 radical (unpaired) electrons. The SMILES string of the molecule is CO[CH]CC(C)c1nc(C)nc2c1c(C)cn2-c1c(C)cc(Br)cc1C. The number of halogens is 1. The summed E-state index contributed by atoms with van der Waals surface area (Å²) in [6.45, 7) is 12.4. The summed E-state index contributed by atoms with van der Waals surface area (Å²) in [4.78, 5) is 9.57. The normalized spacial score (nSPS) is 12.7. The first-order valence-electron chi connectivity index (χ1n) is 8.81. The van der Waals surface area contributed by atoms with Crippen LogP contribution >= 0.6 is 15.9 Å². The van der Waals surface area contributed by atoms with Crippen molar-refractivity contribution in [2.45, 2.75) is 47.0 Å². The van der Waals surface area contributed by atoms with Gasteiger partial charge in [-0.05, 0) is 62.9 Å². The fraction of sp³-hybridized carbons (Fsp3) is 0.381. The van der Waals surface area contributed by atoms with Gasteiger partial charge < -0.3 is 9.30 Å². The highest BCUT2D eigenvalue weighted by atomic mass is 79.9. The van der Waals surface area contributed by atoms with Crippen molar-refractivity contribution in [3.8, 4) is 5.69 Å². The summed E-state index contributed by atoms with van der Waals surface area (Å²) >= 11 is 3.59. The van der Waals surface area contributed by atoms with Crippen LogP contribution in [0, 0.1) is 34.3 Å². The lowest BCUT2D eigenvalue weighted by Crippen LogP contribution is -2.05. The van der Waals surface area contributed by atoms with Gasteiger partial charge in [0.25, 0.3) is 0 Å². The van der Waals surface area contributed by atoms with Crippen molar-refractivity contribution >= 4 is 27.0 Å². The number of ether oxygens (including phenoxy) is 1. The van der Waals surface area contributed by atoms with Gasteiger partial charge in [-0.3, -0.25) is 0 Å². The molecule has 0 saturated heterocycles. The number of nitrogens with zero attached hydrogens (tertiary/aromatic N) is 3. The van der Waals surface area contributed by atoms with Gasteiger partial charge >= 0.3 is 0 Å². The van der Waals surface area contributed by atoms with Gasteiger partial charge in [0.15, 0.2) is 0 Å². The van der Waals surface area contributed by atoms with E-state index in [0.29, 0.717) is 0 Å². The lowest BCUT2D eigenvalue weighted by molar-refractivity contribution is 0.259. The summed E-state index contributed by atoms with van der Waals surface area (Å²) in [6.07, 6.45) is 3.00. The van der Waals surface area contributed by atoms with Gasteiger partial charge in [0.05, 0.1) is 18.0 Å². The van der Waals surface area contributed by atoms with E-state index >= 15 is 0 Å². The van der Waals surface area contributed by atoms with Crippen LogP contribution < -0.4 is 0 Å². The van der Waals surface area contributed by atoms with Crippen molar-refractivity contribution < 1.29 is 4.74 Å². The summed E-state index contributed by atoms with van der Waals surface area (Å²) in [5, 5.41) is 1.15. The summed E-state index contributed by atoms with van der Waals surface area (Å²) in [7, 11) is 1.69. The first-order chi connectivity index (χ1) is 12.3. The molecule has 0 saturated carbocycles. The highest BCUT2D eigenvalue weighted by Gasteiger charge is 2.20. The third-order valence-corrected chi connectivity index (χ3v) is 5.21. The van der Waals surface area contributed by atoms with E-state index in [1.54, 1.807) is 7.11 Å². The van der Waals surface area contributed by atoms with E-state index in [1.165, 1.54) is 22.4 Å². The number of hydrogen-bond acceptors (Lipinski definition) is 3. The van der Waals surface area contributed by atoms with Crippen LogP contribution in [0.5, 0.6) is 0 Å². The molecule has 2 heterocycles. The topological polar surface area (TPSA) is 39.9 Å². The van der Waals surface area contributed by atoms with Gasteiger partial charge in [-0.1, -0.05) is 22.9 Å². The Morgan fingerprint density at radius 3 is 2.38 bits per heavy atom. The van der Waals surface area contributed by atoms with Crippen LogP contribution in [0.2, 0.25) is 0 Å². The summed E-state index contributed by atoms with van der Waals surface area (Å²) in [5.41, 5.74) is 6.87. The Balaban J connectivity index is 2.26. The van der Waals surface area contributed by atoms with E-state index in [2.05, 4.69) is 66.5 Å². The molecule has 26 heavy (non-hydrogen) atoms. The monoisotopic (exact) mass is 414 g/mol. The zero-order valence-electron chi connectivity index (χ0n) is 16.2. The van der Waals surface area contributed by atoms with Crippen LogP contribution in [-0.4, -0.2) is 21.6 Å². The number of aryl methyl sites for hydroxylation is 4. The quantitative estimate of drug-likeness (QED) is 0.535. The minimum Gasteiger partial charge on any atom is -0.379 e. The third kappa shape index (κ3) is 3.42. The van der Waals surface area contributed by atoms with Crippen LogP contribution in [0.3, 0.4) is 0 Å². The van der Waals surface area contributed by atoms with E-state index in [-0.39, 0.29) is 5.92 Å². The van der Waals surface area contributed by atoms with Gasteiger partial charge in [-0.25, -0.2) is 9.97 Å². The van der Waals surface area contributed by atoms with Crippen molar-refractivity contribution in [1.29, 1.82) is 0 Å². The van der Waals surface area contributed by atoms with Crippen LogP contribution in [0.25, 0.3) is 16.7 Å². The van der Waals surface area contributed by atoms with E-state index in [4.69, 9.17) is 14.7 Å². The predicted molar refractivity (Wildman–Crippen MR) is 110 cm³/mol. The summed E-state index contributed by atoms with van der Waals surface area (Å²) < 4.78 is 8.46. The number of rotatable bonds is 5. The summed E-state index contributed by atoms with van der Waals surface area (Å²) in [5.74, 6) is 1.06. The Hall–Kier alpha value is -1.72.